The van der Waals surface area contributed by atoms with Crippen LogP contribution in [0.1, 0.15) is 30.0 Å². The Balaban J connectivity index is 2.78. The molecule has 108 valence electrons. The van der Waals surface area contributed by atoms with Gasteiger partial charge in [0.1, 0.15) is 0 Å². The number of rotatable bonds is 8. The Hall–Kier alpha value is -1.47. The van der Waals surface area contributed by atoms with Crippen molar-refractivity contribution in [3.05, 3.63) is 11.4 Å². The Morgan fingerprint density at radius 1 is 1.32 bits per heavy atom. The highest BCUT2D eigenvalue weighted by Crippen LogP contribution is 2.08. The predicted molar refractivity (Wildman–Crippen MR) is 68.0 cm³/mol. The topological polar surface area (TPSA) is 75.5 Å². The lowest BCUT2D eigenvalue weighted by Crippen LogP contribution is -2.16. The summed E-state index contributed by atoms with van der Waals surface area (Å²) in [5.74, 6) is -0.484. The summed E-state index contributed by atoms with van der Waals surface area (Å²) in [5.41, 5.74) is 0.949. The van der Waals surface area contributed by atoms with Gasteiger partial charge in [-0.1, -0.05) is 5.21 Å². The van der Waals surface area contributed by atoms with Crippen LogP contribution in [0.2, 0.25) is 0 Å². The highest BCUT2D eigenvalue weighted by atomic mass is 16.5. The fourth-order valence-corrected chi connectivity index (χ4v) is 1.59. The van der Waals surface area contributed by atoms with E-state index in [1.54, 1.807) is 11.8 Å². The Bertz CT molecular complexity index is 404. The summed E-state index contributed by atoms with van der Waals surface area (Å²) in [7, 11) is 2.93. The molecule has 1 heterocycles. The molecular weight excluding hydrogens is 250 g/mol. The molecule has 1 rings (SSSR count). The number of carbonyl (C=O) groups excluding carboxylic acids is 1. The summed E-state index contributed by atoms with van der Waals surface area (Å²) in [5, 5.41) is 7.83. The van der Waals surface area contributed by atoms with Crippen molar-refractivity contribution in [1.82, 2.24) is 15.0 Å². The molecule has 19 heavy (non-hydrogen) atoms. The summed E-state index contributed by atoms with van der Waals surface area (Å²) in [6.07, 6.45) is 0.710. The number of nitrogens with zero attached hydrogens (tertiary/aromatic N) is 3. The van der Waals surface area contributed by atoms with Gasteiger partial charge in [-0.05, 0) is 13.8 Å². The van der Waals surface area contributed by atoms with E-state index < -0.39 is 5.97 Å². The van der Waals surface area contributed by atoms with Crippen LogP contribution in [-0.2, 0) is 27.2 Å². The van der Waals surface area contributed by atoms with Gasteiger partial charge < -0.3 is 14.2 Å². The van der Waals surface area contributed by atoms with Gasteiger partial charge in [0.2, 0.25) is 0 Å². The molecule has 0 aliphatic heterocycles. The van der Waals surface area contributed by atoms with Crippen molar-refractivity contribution in [2.75, 3.05) is 27.4 Å². The molecule has 0 aliphatic carbocycles. The predicted octanol–water partition coefficient (Wildman–Crippen LogP) is 0.679. The van der Waals surface area contributed by atoms with Gasteiger partial charge in [-0.2, -0.15) is 0 Å². The van der Waals surface area contributed by atoms with Gasteiger partial charge in [0.05, 0.1) is 38.7 Å². The van der Waals surface area contributed by atoms with Gasteiger partial charge in [-0.25, -0.2) is 9.48 Å². The molecule has 1 aromatic heterocycles. The molecular formula is C12H21N3O4. The molecule has 1 aromatic rings. The summed E-state index contributed by atoms with van der Waals surface area (Å²) in [6, 6.07) is 0. The van der Waals surface area contributed by atoms with E-state index in [9.17, 15) is 4.79 Å². The van der Waals surface area contributed by atoms with Gasteiger partial charge in [-0.3, -0.25) is 0 Å². The van der Waals surface area contributed by atoms with Crippen LogP contribution in [0.3, 0.4) is 0 Å². The molecule has 7 nitrogen and oxygen atoms in total. The maximum absolute atomic E-state index is 11.6. The number of ether oxygens (including phenoxy) is 3. The number of methoxy groups -OCH3 is 2. The lowest BCUT2D eigenvalue weighted by molar-refractivity contribution is 0.0590. The number of carbonyl (C=O) groups is 1. The number of esters is 1. The highest BCUT2D eigenvalue weighted by molar-refractivity contribution is 5.88. The molecule has 7 heteroatoms. The molecule has 0 aromatic carbocycles. The van der Waals surface area contributed by atoms with Gasteiger partial charge in [0.25, 0.3) is 0 Å². The Labute approximate surface area is 112 Å². The van der Waals surface area contributed by atoms with Crippen molar-refractivity contribution in [2.45, 2.75) is 32.9 Å². The van der Waals surface area contributed by atoms with Crippen LogP contribution in [0.5, 0.6) is 0 Å². The zero-order valence-electron chi connectivity index (χ0n) is 11.9. The SMILES string of the molecule is COCCc1c(C(=O)OC)nnn1CCOC(C)C. The van der Waals surface area contributed by atoms with Crippen LogP contribution in [0, 0.1) is 0 Å². The lowest BCUT2D eigenvalue weighted by atomic mass is 10.2. The monoisotopic (exact) mass is 271 g/mol. The maximum Gasteiger partial charge on any atom is 0.360 e. The Kier molecular flexibility index (Phi) is 6.44. The summed E-state index contributed by atoms with van der Waals surface area (Å²) in [4.78, 5) is 11.6. The first-order valence-corrected chi connectivity index (χ1v) is 6.21. The van der Waals surface area contributed by atoms with Gasteiger partial charge in [0.15, 0.2) is 5.69 Å². The summed E-state index contributed by atoms with van der Waals surface area (Å²) in [6.45, 7) is 5.48. The standard InChI is InChI=1S/C12H21N3O4/c1-9(2)19-8-6-15-10(5-7-17-3)11(13-14-15)12(16)18-4/h9H,5-8H2,1-4H3. The molecule has 0 N–H and O–H groups in total. The van der Waals surface area contributed by atoms with E-state index in [0.717, 1.165) is 0 Å². The van der Waals surface area contributed by atoms with E-state index in [1.807, 2.05) is 13.8 Å². The highest BCUT2D eigenvalue weighted by Gasteiger charge is 2.19. The summed E-state index contributed by atoms with van der Waals surface area (Å²) < 4.78 is 16.8. The number of hydrogen-bond acceptors (Lipinski definition) is 6. The van der Waals surface area contributed by atoms with Crippen LogP contribution in [0.25, 0.3) is 0 Å². The minimum atomic E-state index is -0.484. The first-order chi connectivity index (χ1) is 9.10. The van der Waals surface area contributed by atoms with Crippen molar-refractivity contribution >= 4 is 5.97 Å². The lowest BCUT2D eigenvalue weighted by Gasteiger charge is -2.09. The molecule has 0 unspecified atom stereocenters. The number of hydrogen-bond donors (Lipinski definition) is 0. The molecule has 0 saturated carbocycles. The average molecular weight is 271 g/mol. The second-order valence-corrected chi connectivity index (χ2v) is 4.26. The van der Waals surface area contributed by atoms with Crippen molar-refractivity contribution in [2.24, 2.45) is 0 Å². The molecule has 0 radical (unpaired) electrons. The van der Waals surface area contributed by atoms with E-state index in [2.05, 4.69) is 15.0 Å². The van der Waals surface area contributed by atoms with E-state index >= 15 is 0 Å². The van der Waals surface area contributed by atoms with E-state index in [0.29, 0.717) is 31.9 Å². The van der Waals surface area contributed by atoms with Crippen molar-refractivity contribution in [1.29, 1.82) is 0 Å². The third-order valence-corrected chi connectivity index (χ3v) is 2.51. The molecule has 0 fully saturated rings. The average Bonchev–Trinajstić information content (AvgIpc) is 2.78. The third-order valence-electron chi connectivity index (χ3n) is 2.51. The molecule has 0 saturated heterocycles. The molecule has 0 atom stereocenters. The van der Waals surface area contributed by atoms with Crippen LogP contribution < -0.4 is 0 Å². The number of aromatic nitrogens is 3. The third kappa shape index (κ3) is 4.60. The molecule has 0 amide bonds. The smallest absolute Gasteiger partial charge is 0.360 e. The van der Waals surface area contributed by atoms with Crippen molar-refractivity contribution in [3.63, 3.8) is 0 Å². The first-order valence-electron chi connectivity index (χ1n) is 6.21. The van der Waals surface area contributed by atoms with Gasteiger partial charge in [0, 0.05) is 13.5 Å². The van der Waals surface area contributed by atoms with Crippen molar-refractivity contribution < 1.29 is 19.0 Å². The second kappa shape index (κ2) is 7.85. The van der Waals surface area contributed by atoms with Crippen LogP contribution in [0.15, 0.2) is 0 Å². The Morgan fingerprint density at radius 3 is 2.63 bits per heavy atom. The second-order valence-electron chi connectivity index (χ2n) is 4.26. The fourth-order valence-electron chi connectivity index (χ4n) is 1.59. The molecule has 0 bridgehead atoms. The zero-order valence-corrected chi connectivity index (χ0v) is 11.9. The maximum atomic E-state index is 11.6. The van der Waals surface area contributed by atoms with Crippen LogP contribution in [-0.4, -0.2) is 54.5 Å². The van der Waals surface area contributed by atoms with Gasteiger partial charge >= 0.3 is 5.97 Å². The minimum Gasteiger partial charge on any atom is -0.464 e. The molecule has 0 spiro atoms. The largest absolute Gasteiger partial charge is 0.464 e. The normalized spacial score (nSPS) is 11.0. The first kappa shape index (κ1) is 15.6. The van der Waals surface area contributed by atoms with Gasteiger partial charge in [-0.15, -0.1) is 5.10 Å². The van der Waals surface area contributed by atoms with E-state index in [4.69, 9.17) is 9.47 Å². The summed E-state index contributed by atoms with van der Waals surface area (Å²) >= 11 is 0. The zero-order chi connectivity index (χ0) is 14.3. The fraction of sp³-hybridized carbons (Fsp3) is 0.750. The van der Waals surface area contributed by atoms with Crippen LogP contribution in [0.4, 0.5) is 0 Å². The van der Waals surface area contributed by atoms with Crippen molar-refractivity contribution in [3.8, 4) is 0 Å². The minimum absolute atomic E-state index is 0.158. The Morgan fingerprint density at radius 2 is 2.05 bits per heavy atom. The quantitative estimate of drug-likeness (QED) is 0.647. The van der Waals surface area contributed by atoms with E-state index in [-0.39, 0.29) is 11.8 Å². The molecule has 0 aliphatic rings. The van der Waals surface area contributed by atoms with E-state index in [1.165, 1.54) is 7.11 Å². The van der Waals surface area contributed by atoms with Crippen LogP contribution >= 0.6 is 0 Å².